The molecule has 2 N–H and O–H groups in total. The molecule has 36 heavy (non-hydrogen) atoms. The number of aryl methyl sites for hydroxylation is 2. The summed E-state index contributed by atoms with van der Waals surface area (Å²) in [7, 11) is -6.30. The smallest absolute Gasteiger partial charge is 0.267 e. The molecule has 0 radical (unpaired) electrons. The molecule has 3 rings (SSSR count). The van der Waals surface area contributed by atoms with E-state index in [-0.39, 0.29) is 59.0 Å². The molecule has 0 aliphatic carbocycles. The second-order valence-corrected chi connectivity index (χ2v) is 12.8. The summed E-state index contributed by atoms with van der Waals surface area (Å²) < 4.78 is 65.5. The van der Waals surface area contributed by atoms with Crippen LogP contribution in [0.4, 0.5) is 5.69 Å². The summed E-state index contributed by atoms with van der Waals surface area (Å²) in [4.78, 5) is 14.9. The van der Waals surface area contributed by atoms with Crippen molar-refractivity contribution >= 4 is 31.6 Å². The number of nitrogens with zero attached hydrogens (tertiary/aromatic N) is 3. The standard InChI is InChI=1S/C22H32N4O8S2/c1-13-10-26(14(2)12-27)22(28)17-8-7-9-18(20(17)33-19(13)11-25(5)35(6,29)30)24-36(31,32)21-15(3)23-34-16(21)4/h7-9,13-14,19,24,27H,10-12H2,1-6H3/t13-,14+,19-/m1/s1. The number of hydrogen-bond acceptors (Lipinski definition) is 9. The van der Waals surface area contributed by atoms with Crippen molar-refractivity contribution in [2.24, 2.45) is 5.92 Å². The highest BCUT2D eigenvalue weighted by molar-refractivity contribution is 7.92. The van der Waals surface area contributed by atoms with Crippen LogP contribution < -0.4 is 9.46 Å². The molecule has 12 nitrogen and oxygen atoms in total. The highest BCUT2D eigenvalue weighted by Gasteiger charge is 2.36. The average molecular weight is 545 g/mol. The molecule has 14 heteroatoms. The van der Waals surface area contributed by atoms with Gasteiger partial charge in [-0.1, -0.05) is 18.1 Å². The monoisotopic (exact) mass is 544 g/mol. The number of benzene rings is 1. The highest BCUT2D eigenvalue weighted by atomic mass is 32.2. The lowest BCUT2D eigenvalue weighted by atomic mass is 9.99. The van der Waals surface area contributed by atoms with E-state index in [0.717, 1.165) is 10.6 Å². The highest BCUT2D eigenvalue weighted by Crippen LogP contribution is 2.36. The van der Waals surface area contributed by atoms with Gasteiger partial charge >= 0.3 is 0 Å². The number of likely N-dealkylation sites (N-methyl/N-ethyl adjacent to an activating group) is 1. The molecule has 0 saturated carbocycles. The van der Waals surface area contributed by atoms with Crippen LogP contribution in [0.1, 0.15) is 35.7 Å². The second kappa shape index (κ2) is 10.4. The van der Waals surface area contributed by atoms with Gasteiger partial charge in [-0.05, 0) is 32.9 Å². The summed E-state index contributed by atoms with van der Waals surface area (Å²) in [5.74, 6) is -0.759. The van der Waals surface area contributed by atoms with Crippen molar-refractivity contribution in [3.63, 3.8) is 0 Å². The maximum atomic E-state index is 13.5. The Morgan fingerprint density at radius 3 is 2.50 bits per heavy atom. The summed E-state index contributed by atoms with van der Waals surface area (Å²) in [5.41, 5.74) is 0.242. The fourth-order valence-electron chi connectivity index (χ4n) is 3.98. The van der Waals surface area contributed by atoms with E-state index in [4.69, 9.17) is 9.26 Å². The van der Waals surface area contributed by atoms with Crippen molar-refractivity contribution in [3.05, 3.63) is 35.2 Å². The lowest BCUT2D eigenvalue weighted by molar-refractivity contribution is 0.0389. The van der Waals surface area contributed by atoms with Gasteiger partial charge < -0.3 is 19.3 Å². The molecule has 0 spiro atoms. The SMILES string of the molecule is Cc1noc(C)c1S(=O)(=O)Nc1cccc2c1O[C@H](CN(C)S(C)(=O)=O)[C@H](C)CN([C@@H](C)CO)C2=O. The molecule has 1 aromatic heterocycles. The lowest BCUT2D eigenvalue weighted by Gasteiger charge is -2.38. The first-order valence-electron chi connectivity index (χ1n) is 11.3. The second-order valence-electron chi connectivity index (χ2n) is 9.11. The van der Waals surface area contributed by atoms with Crippen LogP contribution in [0.3, 0.4) is 0 Å². The zero-order valence-electron chi connectivity index (χ0n) is 21.0. The minimum absolute atomic E-state index is 0.00133. The predicted molar refractivity (Wildman–Crippen MR) is 132 cm³/mol. The number of carbonyl (C=O) groups is 1. The molecule has 0 saturated heterocycles. The summed E-state index contributed by atoms with van der Waals surface area (Å²) >= 11 is 0. The fraction of sp³-hybridized carbons (Fsp3) is 0.545. The van der Waals surface area contributed by atoms with Gasteiger partial charge in [-0.25, -0.2) is 21.1 Å². The summed E-state index contributed by atoms with van der Waals surface area (Å²) in [5, 5.41) is 13.5. The molecule has 1 aromatic carbocycles. The third-order valence-electron chi connectivity index (χ3n) is 6.18. The van der Waals surface area contributed by atoms with E-state index in [2.05, 4.69) is 9.88 Å². The van der Waals surface area contributed by atoms with Gasteiger partial charge in [-0.15, -0.1) is 0 Å². The Balaban J connectivity index is 2.14. The van der Waals surface area contributed by atoms with Gasteiger partial charge in [0, 0.05) is 19.5 Å². The van der Waals surface area contributed by atoms with Gasteiger partial charge in [-0.2, -0.15) is 0 Å². The molecule has 3 atom stereocenters. The Hall–Kier alpha value is -2.68. The molecular weight excluding hydrogens is 512 g/mol. The Kier molecular flexibility index (Phi) is 8.03. The van der Waals surface area contributed by atoms with Crippen LogP contribution >= 0.6 is 0 Å². The van der Waals surface area contributed by atoms with Crippen LogP contribution in [0.25, 0.3) is 0 Å². The summed E-state index contributed by atoms with van der Waals surface area (Å²) in [6.07, 6.45) is 0.330. The van der Waals surface area contributed by atoms with E-state index < -0.39 is 38.1 Å². The lowest BCUT2D eigenvalue weighted by Crippen LogP contribution is -2.50. The zero-order chi connectivity index (χ0) is 27.0. The Morgan fingerprint density at radius 2 is 1.94 bits per heavy atom. The molecule has 0 fully saturated rings. The number of rotatable bonds is 8. The number of carbonyl (C=O) groups excluding carboxylic acids is 1. The number of aliphatic hydroxyl groups is 1. The van der Waals surface area contributed by atoms with Gasteiger partial charge in [-0.3, -0.25) is 9.52 Å². The number of anilines is 1. The van der Waals surface area contributed by atoms with Crippen molar-refractivity contribution in [2.75, 3.05) is 37.7 Å². The van der Waals surface area contributed by atoms with E-state index in [9.17, 15) is 26.7 Å². The quantitative estimate of drug-likeness (QED) is 0.498. The fourth-order valence-corrected chi connectivity index (χ4v) is 5.80. The van der Waals surface area contributed by atoms with Crippen LogP contribution in [-0.4, -0.2) is 87.4 Å². The van der Waals surface area contributed by atoms with E-state index in [1.54, 1.807) is 13.8 Å². The van der Waals surface area contributed by atoms with Crippen molar-refractivity contribution < 1.29 is 36.0 Å². The van der Waals surface area contributed by atoms with E-state index in [0.29, 0.717) is 0 Å². The number of ether oxygens (including phenoxy) is 1. The van der Waals surface area contributed by atoms with Gasteiger partial charge in [0.1, 0.15) is 11.8 Å². The zero-order valence-corrected chi connectivity index (χ0v) is 22.7. The first kappa shape index (κ1) is 27.9. The van der Waals surface area contributed by atoms with Gasteiger partial charge in [0.15, 0.2) is 16.4 Å². The van der Waals surface area contributed by atoms with Crippen molar-refractivity contribution in [1.82, 2.24) is 14.4 Å². The normalized spacial score (nSPS) is 19.9. The largest absolute Gasteiger partial charge is 0.486 e. The minimum Gasteiger partial charge on any atom is -0.486 e. The number of nitrogens with one attached hydrogen (secondary N) is 1. The van der Waals surface area contributed by atoms with Crippen molar-refractivity contribution in [3.8, 4) is 5.75 Å². The van der Waals surface area contributed by atoms with Crippen LogP contribution in [0.2, 0.25) is 0 Å². The molecule has 2 aromatic rings. The maximum Gasteiger partial charge on any atom is 0.267 e. The molecule has 2 heterocycles. The van der Waals surface area contributed by atoms with E-state index in [1.807, 2.05) is 0 Å². The number of para-hydroxylation sites is 1. The average Bonchev–Trinajstić information content (AvgIpc) is 3.13. The Bertz CT molecular complexity index is 1320. The molecule has 1 amide bonds. The first-order valence-corrected chi connectivity index (χ1v) is 14.6. The maximum absolute atomic E-state index is 13.5. The third kappa shape index (κ3) is 5.66. The van der Waals surface area contributed by atoms with Crippen molar-refractivity contribution in [2.45, 2.75) is 44.7 Å². The molecular formula is C22H32N4O8S2. The van der Waals surface area contributed by atoms with Gasteiger partial charge in [0.2, 0.25) is 10.0 Å². The molecule has 200 valence electrons. The van der Waals surface area contributed by atoms with Gasteiger partial charge in [0.25, 0.3) is 15.9 Å². The van der Waals surface area contributed by atoms with E-state index >= 15 is 0 Å². The summed E-state index contributed by atoms with van der Waals surface area (Å²) in [6.45, 7) is 6.31. The first-order chi connectivity index (χ1) is 16.7. The van der Waals surface area contributed by atoms with E-state index in [1.165, 1.54) is 44.0 Å². The number of fused-ring (bicyclic) bond motifs is 1. The number of sulfonamides is 2. The van der Waals surface area contributed by atoms with Crippen LogP contribution in [0.15, 0.2) is 27.6 Å². The number of amides is 1. The van der Waals surface area contributed by atoms with Crippen molar-refractivity contribution in [1.29, 1.82) is 0 Å². The molecule has 1 aliphatic rings. The molecule has 0 bridgehead atoms. The summed E-state index contributed by atoms with van der Waals surface area (Å²) in [6, 6.07) is 3.92. The van der Waals surface area contributed by atoms with Crippen LogP contribution in [0, 0.1) is 19.8 Å². The van der Waals surface area contributed by atoms with Gasteiger partial charge in [0.05, 0.1) is 36.7 Å². The molecule has 1 aliphatic heterocycles. The Labute approximate surface area is 211 Å². The number of hydrogen-bond donors (Lipinski definition) is 2. The number of aromatic nitrogens is 1. The third-order valence-corrected chi connectivity index (χ3v) is 9.07. The minimum atomic E-state index is -4.17. The predicted octanol–water partition coefficient (Wildman–Crippen LogP) is 1.20. The topological polar surface area (TPSA) is 159 Å². The van der Waals surface area contributed by atoms with Crippen LogP contribution in [0.5, 0.6) is 5.75 Å². The Morgan fingerprint density at radius 1 is 1.28 bits per heavy atom. The van der Waals surface area contributed by atoms with Crippen LogP contribution in [-0.2, 0) is 20.0 Å². The molecule has 0 unspecified atom stereocenters. The number of aliphatic hydroxyl groups excluding tert-OH is 1.